The van der Waals surface area contributed by atoms with Crippen molar-refractivity contribution in [1.82, 2.24) is 4.90 Å². The molecule has 1 saturated heterocycles. The van der Waals surface area contributed by atoms with Gasteiger partial charge in [0.1, 0.15) is 5.75 Å². The van der Waals surface area contributed by atoms with Crippen molar-refractivity contribution < 1.29 is 22.7 Å². The lowest BCUT2D eigenvalue weighted by Gasteiger charge is -2.31. The van der Waals surface area contributed by atoms with Crippen molar-refractivity contribution >= 4 is 5.97 Å². The molecule has 0 amide bonds. The molecule has 144 valence electrons. The van der Waals surface area contributed by atoms with E-state index in [0.717, 1.165) is 0 Å². The van der Waals surface area contributed by atoms with Crippen LogP contribution >= 0.6 is 0 Å². The molecule has 1 aromatic carbocycles. The molecule has 0 spiro atoms. The summed E-state index contributed by atoms with van der Waals surface area (Å²) in [5, 5.41) is 0. The third kappa shape index (κ3) is 5.47. The second-order valence-corrected chi connectivity index (χ2v) is 7.49. The standard InChI is InChI=1S/C20H26F3NO2/c21-20(22,23)14-24-12-10-17(11-13-24)19(25)26-18-8-6-16(7-9-18)15-4-2-1-3-5-15/h6-9,15,17H,1-5,10-14H2. The minimum Gasteiger partial charge on any atom is -0.426 e. The van der Waals surface area contributed by atoms with Gasteiger partial charge in [-0.1, -0.05) is 31.4 Å². The van der Waals surface area contributed by atoms with Gasteiger partial charge in [-0.25, -0.2) is 0 Å². The fraction of sp³-hybridized carbons (Fsp3) is 0.650. The first kappa shape index (κ1) is 19.2. The zero-order valence-corrected chi connectivity index (χ0v) is 14.9. The Hall–Kier alpha value is -1.56. The van der Waals surface area contributed by atoms with Gasteiger partial charge in [0.25, 0.3) is 0 Å². The van der Waals surface area contributed by atoms with E-state index < -0.39 is 12.7 Å². The number of alkyl halides is 3. The van der Waals surface area contributed by atoms with E-state index in [2.05, 4.69) is 0 Å². The van der Waals surface area contributed by atoms with Crippen LogP contribution in [0.4, 0.5) is 13.2 Å². The highest BCUT2D eigenvalue weighted by Crippen LogP contribution is 2.33. The van der Waals surface area contributed by atoms with Crippen molar-refractivity contribution in [3.8, 4) is 5.75 Å². The van der Waals surface area contributed by atoms with Crippen molar-refractivity contribution in [2.45, 2.75) is 57.0 Å². The molecule has 1 aliphatic heterocycles. The minimum absolute atomic E-state index is 0.278. The Bertz CT molecular complexity index is 586. The number of halogens is 3. The first-order valence-corrected chi connectivity index (χ1v) is 9.51. The molecule has 0 radical (unpaired) electrons. The van der Waals surface area contributed by atoms with Gasteiger partial charge in [0.2, 0.25) is 0 Å². The van der Waals surface area contributed by atoms with Gasteiger partial charge < -0.3 is 4.74 Å². The Morgan fingerprint density at radius 2 is 1.62 bits per heavy atom. The zero-order valence-electron chi connectivity index (χ0n) is 14.9. The summed E-state index contributed by atoms with van der Waals surface area (Å²) in [5.74, 6) is 0.471. The second-order valence-electron chi connectivity index (χ2n) is 7.49. The minimum atomic E-state index is -4.19. The molecule has 3 nitrogen and oxygen atoms in total. The SMILES string of the molecule is O=C(Oc1ccc(C2CCCCC2)cc1)C1CCN(CC(F)(F)F)CC1. The number of nitrogens with zero attached hydrogens (tertiary/aromatic N) is 1. The van der Waals surface area contributed by atoms with E-state index in [1.165, 1.54) is 42.6 Å². The number of hydrogen-bond acceptors (Lipinski definition) is 3. The summed E-state index contributed by atoms with van der Waals surface area (Å²) in [6.07, 6.45) is 2.93. The van der Waals surface area contributed by atoms with Gasteiger partial charge in [-0.15, -0.1) is 0 Å². The van der Waals surface area contributed by atoms with E-state index in [9.17, 15) is 18.0 Å². The van der Waals surface area contributed by atoms with E-state index in [0.29, 0.717) is 24.5 Å². The van der Waals surface area contributed by atoms with Gasteiger partial charge in [-0.2, -0.15) is 13.2 Å². The van der Waals surface area contributed by atoms with Gasteiger partial charge in [0.15, 0.2) is 0 Å². The van der Waals surface area contributed by atoms with Crippen LogP contribution in [0.25, 0.3) is 0 Å². The van der Waals surface area contributed by atoms with E-state index in [-0.39, 0.29) is 25.0 Å². The number of esters is 1. The lowest BCUT2D eigenvalue weighted by Crippen LogP contribution is -2.42. The number of carbonyl (C=O) groups is 1. The number of benzene rings is 1. The Morgan fingerprint density at radius 1 is 1.00 bits per heavy atom. The van der Waals surface area contributed by atoms with Gasteiger partial charge in [0.05, 0.1) is 12.5 Å². The van der Waals surface area contributed by atoms with Crippen LogP contribution in [0.3, 0.4) is 0 Å². The molecule has 0 bridgehead atoms. The lowest BCUT2D eigenvalue weighted by atomic mass is 9.84. The topological polar surface area (TPSA) is 29.5 Å². The average molecular weight is 369 g/mol. The lowest BCUT2D eigenvalue weighted by molar-refractivity contribution is -0.151. The monoisotopic (exact) mass is 369 g/mol. The Kier molecular flexibility index (Phi) is 6.22. The third-order valence-electron chi connectivity index (χ3n) is 5.50. The van der Waals surface area contributed by atoms with Crippen molar-refractivity contribution in [3.63, 3.8) is 0 Å². The fourth-order valence-corrected chi connectivity index (χ4v) is 4.02. The zero-order chi connectivity index (χ0) is 18.6. The molecule has 3 rings (SSSR count). The van der Waals surface area contributed by atoms with Crippen LogP contribution in [0.1, 0.15) is 56.4 Å². The predicted molar refractivity (Wildman–Crippen MR) is 93.1 cm³/mol. The largest absolute Gasteiger partial charge is 0.426 e. The smallest absolute Gasteiger partial charge is 0.401 e. The van der Waals surface area contributed by atoms with Gasteiger partial charge in [0, 0.05) is 0 Å². The fourth-order valence-electron chi connectivity index (χ4n) is 4.02. The molecule has 0 atom stereocenters. The van der Waals surface area contributed by atoms with Crippen LogP contribution in [0, 0.1) is 5.92 Å². The Balaban J connectivity index is 1.47. The first-order valence-electron chi connectivity index (χ1n) is 9.51. The molecule has 0 N–H and O–H groups in total. The summed E-state index contributed by atoms with van der Waals surface area (Å²) in [4.78, 5) is 13.6. The third-order valence-corrected chi connectivity index (χ3v) is 5.50. The molecule has 2 fully saturated rings. The molecule has 1 aliphatic carbocycles. The summed E-state index contributed by atoms with van der Waals surface area (Å²) in [5.41, 5.74) is 1.30. The Labute approximate surface area is 152 Å². The number of piperidine rings is 1. The maximum atomic E-state index is 12.4. The van der Waals surface area contributed by atoms with E-state index in [1.807, 2.05) is 24.3 Å². The second kappa shape index (κ2) is 8.42. The highest BCUT2D eigenvalue weighted by molar-refractivity contribution is 5.75. The van der Waals surface area contributed by atoms with Gasteiger partial charge in [-0.05, 0) is 62.4 Å². The Morgan fingerprint density at radius 3 is 2.19 bits per heavy atom. The molecule has 1 saturated carbocycles. The highest BCUT2D eigenvalue weighted by Gasteiger charge is 2.34. The van der Waals surface area contributed by atoms with Crippen molar-refractivity contribution in [2.24, 2.45) is 5.92 Å². The molecule has 1 aromatic rings. The van der Waals surface area contributed by atoms with E-state index in [4.69, 9.17) is 4.74 Å². The predicted octanol–water partition coefficient (Wildman–Crippen LogP) is 4.91. The molecule has 2 aliphatic rings. The van der Waals surface area contributed by atoms with Crippen LogP contribution in [0.15, 0.2) is 24.3 Å². The van der Waals surface area contributed by atoms with Crippen LogP contribution in [-0.2, 0) is 4.79 Å². The summed E-state index contributed by atoms with van der Waals surface area (Å²) >= 11 is 0. The summed E-state index contributed by atoms with van der Waals surface area (Å²) in [6, 6.07) is 7.73. The van der Waals surface area contributed by atoms with Gasteiger partial charge >= 0.3 is 12.1 Å². The van der Waals surface area contributed by atoms with Gasteiger partial charge in [-0.3, -0.25) is 9.69 Å². The number of rotatable bonds is 4. The number of ether oxygens (including phenoxy) is 1. The van der Waals surface area contributed by atoms with Crippen LogP contribution in [-0.4, -0.2) is 36.7 Å². The molecule has 0 aromatic heterocycles. The van der Waals surface area contributed by atoms with Crippen LogP contribution in [0.2, 0.25) is 0 Å². The van der Waals surface area contributed by atoms with Crippen LogP contribution < -0.4 is 4.74 Å². The summed E-state index contributed by atoms with van der Waals surface area (Å²) in [6.45, 7) is -0.350. The van der Waals surface area contributed by atoms with Crippen molar-refractivity contribution in [3.05, 3.63) is 29.8 Å². The number of carbonyl (C=O) groups excluding carboxylic acids is 1. The first-order chi connectivity index (χ1) is 12.4. The maximum Gasteiger partial charge on any atom is 0.401 e. The molecular formula is C20H26F3NO2. The molecule has 26 heavy (non-hydrogen) atoms. The molecule has 1 heterocycles. The number of likely N-dealkylation sites (tertiary alicyclic amines) is 1. The summed E-state index contributed by atoms with van der Waals surface area (Å²) < 4.78 is 42.7. The van der Waals surface area contributed by atoms with Crippen molar-refractivity contribution in [2.75, 3.05) is 19.6 Å². The van der Waals surface area contributed by atoms with E-state index >= 15 is 0 Å². The number of hydrogen-bond donors (Lipinski definition) is 0. The molecular weight excluding hydrogens is 343 g/mol. The highest BCUT2D eigenvalue weighted by atomic mass is 19.4. The van der Waals surface area contributed by atoms with Crippen molar-refractivity contribution in [1.29, 1.82) is 0 Å². The normalized spacial score (nSPS) is 20.9. The quantitative estimate of drug-likeness (QED) is 0.558. The van der Waals surface area contributed by atoms with E-state index in [1.54, 1.807) is 0 Å². The maximum absolute atomic E-state index is 12.4. The van der Waals surface area contributed by atoms with Crippen LogP contribution in [0.5, 0.6) is 5.75 Å². The molecule has 6 heteroatoms. The summed E-state index contributed by atoms with van der Waals surface area (Å²) in [7, 11) is 0. The molecule has 0 unspecified atom stereocenters. The average Bonchev–Trinajstić information content (AvgIpc) is 2.62.